The molecule has 0 aliphatic carbocycles. The van der Waals surface area contributed by atoms with Crippen molar-refractivity contribution in [2.24, 2.45) is 0 Å². The maximum atomic E-state index is 9.51. The average Bonchev–Trinajstić information content (AvgIpc) is 2.15. The summed E-state index contributed by atoms with van der Waals surface area (Å²) in [4.78, 5) is 7.87. The van der Waals surface area contributed by atoms with Gasteiger partial charge in [0.1, 0.15) is 6.10 Å². The summed E-state index contributed by atoms with van der Waals surface area (Å²) >= 11 is 3.07. The van der Waals surface area contributed by atoms with Crippen molar-refractivity contribution in [3.05, 3.63) is 23.8 Å². The highest BCUT2D eigenvalue weighted by atomic mass is 79.9. The quantitative estimate of drug-likeness (QED) is 0.766. The molecule has 0 saturated heterocycles. The van der Waals surface area contributed by atoms with Gasteiger partial charge in [-0.15, -0.1) is 0 Å². The molecule has 2 atom stereocenters. The van der Waals surface area contributed by atoms with E-state index in [1.54, 1.807) is 19.2 Å². The van der Waals surface area contributed by atoms with Crippen LogP contribution in [0.5, 0.6) is 0 Å². The van der Waals surface area contributed by atoms with Gasteiger partial charge in [-0.25, -0.2) is 9.97 Å². The van der Waals surface area contributed by atoms with Gasteiger partial charge < -0.3 is 10.2 Å². The van der Waals surface area contributed by atoms with E-state index in [4.69, 9.17) is 0 Å². The maximum absolute atomic E-state index is 9.51. The molecule has 0 aromatic carbocycles. The summed E-state index contributed by atoms with van der Waals surface area (Å²) in [5.41, 5.74) is 0.769. The van der Waals surface area contributed by atoms with Gasteiger partial charge in [0, 0.05) is 17.2 Å². The number of hydrogen-bond donors (Lipinski definition) is 2. The summed E-state index contributed by atoms with van der Waals surface area (Å²) in [5.74, 6) is 0.256. The first-order chi connectivity index (χ1) is 6.15. The molecule has 1 aromatic rings. The first-order valence-corrected chi connectivity index (χ1v) is 4.99. The molecule has 0 bridgehead atoms. The highest BCUT2D eigenvalue weighted by Crippen LogP contribution is 2.13. The Kier molecular flexibility index (Phi) is 3.77. The molecule has 0 aliphatic rings. The second-order valence-corrected chi connectivity index (χ2v) is 3.37. The smallest absolute Gasteiger partial charge is 0.159 e. The van der Waals surface area contributed by atoms with Crippen LogP contribution in [-0.2, 0) is 0 Å². The van der Waals surface area contributed by atoms with Crippen molar-refractivity contribution in [1.29, 1.82) is 0 Å². The van der Waals surface area contributed by atoms with Crippen LogP contribution < -0.4 is 0 Å². The third-order valence-electron chi connectivity index (χ3n) is 1.60. The van der Waals surface area contributed by atoms with Crippen molar-refractivity contribution in [2.45, 2.75) is 19.1 Å². The van der Waals surface area contributed by atoms with Crippen LogP contribution in [0.4, 0.5) is 0 Å². The van der Waals surface area contributed by atoms with Crippen molar-refractivity contribution in [3.63, 3.8) is 0 Å². The molecule has 0 spiro atoms. The minimum absolute atomic E-state index is 0.256. The fourth-order valence-electron chi connectivity index (χ4n) is 0.867. The lowest BCUT2D eigenvalue weighted by molar-refractivity contribution is 0.0284. The number of aliphatic hydroxyl groups excluding tert-OH is 2. The summed E-state index contributed by atoms with van der Waals surface area (Å²) in [6, 6.07) is 1.73. The van der Waals surface area contributed by atoms with Crippen molar-refractivity contribution >= 4 is 15.9 Å². The van der Waals surface area contributed by atoms with Crippen LogP contribution in [0.3, 0.4) is 0 Å². The fourth-order valence-corrected chi connectivity index (χ4v) is 1.22. The Hall–Kier alpha value is -0.520. The molecule has 13 heavy (non-hydrogen) atoms. The predicted molar refractivity (Wildman–Crippen MR) is 51.5 cm³/mol. The Labute approximate surface area is 84.8 Å². The Morgan fingerprint density at radius 2 is 2.23 bits per heavy atom. The molecule has 0 aliphatic heterocycles. The van der Waals surface area contributed by atoms with E-state index in [0.717, 1.165) is 5.69 Å². The van der Waals surface area contributed by atoms with E-state index in [0.29, 0.717) is 5.33 Å². The minimum atomic E-state index is -1.03. The fraction of sp³-hybridized carbons (Fsp3) is 0.500. The van der Waals surface area contributed by atoms with Crippen molar-refractivity contribution in [1.82, 2.24) is 9.97 Å². The molecule has 0 radical (unpaired) electrons. The Morgan fingerprint density at radius 1 is 1.54 bits per heavy atom. The Morgan fingerprint density at radius 3 is 2.77 bits per heavy atom. The lowest BCUT2D eigenvalue weighted by Gasteiger charge is -2.13. The molecule has 0 saturated carbocycles. The van der Waals surface area contributed by atoms with Gasteiger partial charge in [0.25, 0.3) is 0 Å². The maximum Gasteiger partial charge on any atom is 0.159 e. The van der Waals surface area contributed by atoms with Gasteiger partial charge in [-0.3, -0.25) is 0 Å². The largest absolute Gasteiger partial charge is 0.389 e. The minimum Gasteiger partial charge on any atom is -0.389 e. The molecule has 2 unspecified atom stereocenters. The predicted octanol–water partition coefficient (Wildman–Crippen LogP) is 0.574. The standard InChI is InChI=1S/C8H11BrN2O2/c1-5-2-3-10-8(11-5)7(13)6(12)4-9/h2-3,6-7,12-13H,4H2,1H3. The van der Waals surface area contributed by atoms with Crippen LogP contribution >= 0.6 is 15.9 Å². The highest BCUT2D eigenvalue weighted by Gasteiger charge is 2.19. The van der Waals surface area contributed by atoms with Crippen molar-refractivity contribution in [3.8, 4) is 0 Å². The number of halogens is 1. The zero-order valence-corrected chi connectivity index (χ0v) is 8.77. The summed E-state index contributed by atoms with van der Waals surface area (Å²) in [7, 11) is 0. The number of aryl methyl sites for hydroxylation is 1. The Bertz CT molecular complexity index is 283. The first-order valence-electron chi connectivity index (χ1n) is 3.86. The van der Waals surface area contributed by atoms with Gasteiger partial charge in [-0.1, -0.05) is 15.9 Å². The third-order valence-corrected chi connectivity index (χ3v) is 2.26. The molecule has 0 amide bonds. The molecule has 4 nitrogen and oxygen atoms in total. The van der Waals surface area contributed by atoms with Crippen molar-refractivity contribution < 1.29 is 10.2 Å². The molecular formula is C8H11BrN2O2. The van der Waals surface area contributed by atoms with Crippen LogP contribution in [0.25, 0.3) is 0 Å². The number of hydrogen-bond acceptors (Lipinski definition) is 4. The van der Waals surface area contributed by atoms with Gasteiger partial charge in [0.2, 0.25) is 0 Å². The van der Waals surface area contributed by atoms with Crippen LogP contribution in [0.1, 0.15) is 17.6 Å². The number of rotatable bonds is 3. The van der Waals surface area contributed by atoms with E-state index in [9.17, 15) is 10.2 Å². The van der Waals surface area contributed by atoms with E-state index >= 15 is 0 Å². The zero-order valence-electron chi connectivity index (χ0n) is 7.18. The van der Waals surface area contributed by atoms with Crippen molar-refractivity contribution in [2.75, 3.05) is 5.33 Å². The highest BCUT2D eigenvalue weighted by molar-refractivity contribution is 9.09. The number of alkyl halides is 1. The summed E-state index contributed by atoms with van der Waals surface area (Å²) < 4.78 is 0. The van der Waals surface area contributed by atoms with Crippen LogP contribution in [0, 0.1) is 6.92 Å². The van der Waals surface area contributed by atoms with Gasteiger partial charge in [0.05, 0.1) is 6.10 Å². The van der Waals surface area contributed by atoms with E-state index in [-0.39, 0.29) is 5.82 Å². The molecule has 5 heteroatoms. The molecule has 1 aromatic heterocycles. The topological polar surface area (TPSA) is 66.2 Å². The molecular weight excluding hydrogens is 236 g/mol. The van der Waals surface area contributed by atoms with Gasteiger partial charge >= 0.3 is 0 Å². The van der Waals surface area contributed by atoms with Gasteiger partial charge in [0.15, 0.2) is 5.82 Å². The van der Waals surface area contributed by atoms with E-state index < -0.39 is 12.2 Å². The van der Waals surface area contributed by atoms with Crippen LogP contribution in [-0.4, -0.2) is 31.6 Å². The number of aromatic nitrogens is 2. The second kappa shape index (κ2) is 4.64. The third kappa shape index (κ3) is 2.72. The van der Waals surface area contributed by atoms with Gasteiger partial charge in [-0.2, -0.15) is 0 Å². The summed E-state index contributed by atoms with van der Waals surface area (Å²) in [5, 5.41) is 19.1. The molecule has 1 heterocycles. The van der Waals surface area contributed by atoms with Crippen LogP contribution in [0.15, 0.2) is 12.3 Å². The lowest BCUT2D eigenvalue weighted by atomic mass is 10.2. The SMILES string of the molecule is Cc1ccnc(C(O)C(O)CBr)n1. The molecule has 72 valence electrons. The lowest BCUT2D eigenvalue weighted by Crippen LogP contribution is -2.21. The Balaban J connectivity index is 2.82. The number of nitrogens with zero attached hydrogens (tertiary/aromatic N) is 2. The average molecular weight is 247 g/mol. The van der Waals surface area contributed by atoms with E-state index in [1.165, 1.54) is 0 Å². The molecule has 2 N–H and O–H groups in total. The van der Waals surface area contributed by atoms with Gasteiger partial charge in [-0.05, 0) is 13.0 Å². The normalized spacial score (nSPS) is 15.4. The summed E-state index contributed by atoms with van der Waals surface area (Å²) in [6.07, 6.45) is -0.344. The second-order valence-electron chi connectivity index (χ2n) is 2.72. The van der Waals surface area contributed by atoms with Crippen LogP contribution in [0.2, 0.25) is 0 Å². The monoisotopic (exact) mass is 246 g/mol. The molecule has 0 fully saturated rings. The summed E-state index contributed by atoms with van der Waals surface area (Å²) in [6.45, 7) is 1.80. The number of aliphatic hydroxyl groups is 2. The molecule has 1 rings (SSSR count). The van der Waals surface area contributed by atoms with E-state index in [2.05, 4.69) is 25.9 Å². The first kappa shape index (κ1) is 10.6. The zero-order chi connectivity index (χ0) is 9.84. The van der Waals surface area contributed by atoms with E-state index in [1.807, 2.05) is 0 Å².